The molecular formula is C18H21N3O4S. The van der Waals surface area contributed by atoms with Crippen molar-refractivity contribution in [3.05, 3.63) is 44.9 Å². The van der Waals surface area contributed by atoms with Crippen LogP contribution in [0.25, 0.3) is 0 Å². The van der Waals surface area contributed by atoms with E-state index in [0.717, 1.165) is 11.3 Å². The normalized spacial score (nSPS) is 14.8. The molecule has 0 aliphatic carbocycles. The minimum absolute atomic E-state index is 0.154. The topological polar surface area (TPSA) is 85.7 Å². The van der Waals surface area contributed by atoms with Crippen LogP contribution >= 0.6 is 11.8 Å². The molecule has 1 aromatic heterocycles. The van der Waals surface area contributed by atoms with E-state index in [0.29, 0.717) is 41.5 Å². The second-order valence-corrected chi connectivity index (χ2v) is 6.70. The molecule has 1 N–H and O–H groups in total. The van der Waals surface area contributed by atoms with Gasteiger partial charge in [-0.1, -0.05) is 5.16 Å². The summed E-state index contributed by atoms with van der Waals surface area (Å²) in [6, 6.07) is 3.54. The standard InChI is InChI=1S/C18H21N3O4S/c1-5-25-20-13-8-9-24-16-11(13)6-7-12(17(16)26-4)15(22)14-10(2)19-21(3)18(14)23/h6-7,19H,5,8-9H2,1-4H3. The molecule has 0 spiro atoms. The molecule has 1 aliphatic heterocycles. The lowest BCUT2D eigenvalue weighted by atomic mass is 9.97. The van der Waals surface area contributed by atoms with Crippen LogP contribution in [0.1, 0.15) is 40.5 Å². The van der Waals surface area contributed by atoms with Crippen molar-refractivity contribution < 1.29 is 14.4 Å². The molecule has 26 heavy (non-hydrogen) atoms. The highest BCUT2D eigenvalue weighted by Gasteiger charge is 2.28. The highest BCUT2D eigenvalue weighted by Crippen LogP contribution is 2.38. The van der Waals surface area contributed by atoms with Gasteiger partial charge in [-0.3, -0.25) is 19.4 Å². The summed E-state index contributed by atoms with van der Waals surface area (Å²) in [4.78, 5) is 31.3. The fourth-order valence-electron chi connectivity index (χ4n) is 3.02. The molecule has 8 heteroatoms. The van der Waals surface area contributed by atoms with Crippen LogP contribution in [0, 0.1) is 6.92 Å². The first-order chi connectivity index (χ1) is 12.5. The quantitative estimate of drug-likeness (QED) is 0.493. The second kappa shape index (κ2) is 7.41. The molecule has 0 bridgehead atoms. The van der Waals surface area contributed by atoms with Crippen molar-refractivity contribution in [3.8, 4) is 5.75 Å². The van der Waals surface area contributed by atoms with Crippen LogP contribution in [-0.4, -0.2) is 40.7 Å². The van der Waals surface area contributed by atoms with Crippen molar-refractivity contribution in [1.29, 1.82) is 0 Å². The Morgan fingerprint density at radius 2 is 2.23 bits per heavy atom. The Bertz CT molecular complexity index is 943. The number of aromatic amines is 1. The number of aromatic nitrogens is 2. The molecule has 0 saturated carbocycles. The van der Waals surface area contributed by atoms with Gasteiger partial charge in [0, 0.05) is 30.3 Å². The molecule has 0 unspecified atom stereocenters. The third kappa shape index (κ3) is 3.05. The number of hydrogen-bond donors (Lipinski definition) is 1. The summed E-state index contributed by atoms with van der Waals surface area (Å²) in [5, 5.41) is 7.03. The number of nitrogens with zero attached hydrogens (tertiary/aromatic N) is 2. The fourth-order valence-corrected chi connectivity index (χ4v) is 3.76. The molecule has 3 rings (SSSR count). The summed E-state index contributed by atoms with van der Waals surface area (Å²) < 4.78 is 7.16. The first kappa shape index (κ1) is 18.3. The molecule has 0 radical (unpaired) electrons. The van der Waals surface area contributed by atoms with Crippen LogP contribution in [0.4, 0.5) is 0 Å². The number of carbonyl (C=O) groups excluding carboxylic acids is 1. The zero-order valence-corrected chi connectivity index (χ0v) is 16.0. The van der Waals surface area contributed by atoms with Crippen molar-refractivity contribution in [2.45, 2.75) is 25.2 Å². The van der Waals surface area contributed by atoms with E-state index < -0.39 is 0 Å². The molecule has 1 aliphatic rings. The maximum Gasteiger partial charge on any atom is 0.277 e. The summed E-state index contributed by atoms with van der Waals surface area (Å²) in [6.07, 6.45) is 2.53. The van der Waals surface area contributed by atoms with Gasteiger partial charge in [0.15, 0.2) is 0 Å². The molecule has 0 atom stereocenters. The summed E-state index contributed by atoms with van der Waals surface area (Å²) in [5.74, 6) is 0.312. The minimum atomic E-state index is -0.336. The van der Waals surface area contributed by atoms with Gasteiger partial charge >= 0.3 is 0 Å². The first-order valence-electron chi connectivity index (χ1n) is 8.32. The van der Waals surface area contributed by atoms with Crippen LogP contribution in [0.5, 0.6) is 5.75 Å². The molecular weight excluding hydrogens is 354 g/mol. The third-order valence-electron chi connectivity index (χ3n) is 4.22. The first-order valence-corrected chi connectivity index (χ1v) is 9.55. The maximum atomic E-state index is 13.1. The number of thioether (sulfide) groups is 1. The number of ketones is 1. The van der Waals surface area contributed by atoms with Gasteiger partial charge < -0.3 is 9.57 Å². The predicted molar refractivity (Wildman–Crippen MR) is 101 cm³/mol. The lowest BCUT2D eigenvalue weighted by Crippen LogP contribution is -2.22. The lowest BCUT2D eigenvalue weighted by molar-refractivity contribution is 0.103. The van der Waals surface area contributed by atoms with E-state index >= 15 is 0 Å². The van der Waals surface area contributed by atoms with Gasteiger partial charge in [-0.25, -0.2) is 0 Å². The number of carbonyl (C=O) groups is 1. The maximum absolute atomic E-state index is 13.1. The molecule has 138 valence electrons. The van der Waals surface area contributed by atoms with E-state index in [2.05, 4.69) is 10.3 Å². The predicted octanol–water partition coefficient (Wildman–Crippen LogP) is 2.50. The third-order valence-corrected chi connectivity index (χ3v) is 5.03. The molecule has 2 aromatic rings. The SMILES string of the molecule is CCON=C1CCOc2c1ccc(C(=O)c1c(C)[nH]n(C)c1=O)c2SC. The Morgan fingerprint density at radius 3 is 2.85 bits per heavy atom. The summed E-state index contributed by atoms with van der Waals surface area (Å²) in [7, 11) is 1.59. The van der Waals surface area contributed by atoms with Crippen LogP contribution in [-0.2, 0) is 11.9 Å². The number of ether oxygens (including phenoxy) is 1. The molecule has 0 amide bonds. The minimum Gasteiger partial charge on any atom is -0.491 e. The summed E-state index contributed by atoms with van der Waals surface area (Å²) in [6.45, 7) is 4.55. The Hall–Kier alpha value is -2.48. The van der Waals surface area contributed by atoms with Crippen LogP contribution < -0.4 is 10.3 Å². The highest BCUT2D eigenvalue weighted by atomic mass is 32.2. The smallest absolute Gasteiger partial charge is 0.277 e. The Kier molecular flexibility index (Phi) is 5.22. The zero-order chi connectivity index (χ0) is 18.8. The lowest BCUT2D eigenvalue weighted by Gasteiger charge is -2.22. The average molecular weight is 375 g/mol. The van der Waals surface area contributed by atoms with E-state index in [4.69, 9.17) is 9.57 Å². The Labute approximate surface area is 155 Å². The number of H-pyrrole nitrogens is 1. The van der Waals surface area contributed by atoms with Crippen LogP contribution in [0.2, 0.25) is 0 Å². The zero-order valence-electron chi connectivity index (χ0n) is 15.2. The highest BCUT2D eigenvalue weighted by molar-refractivity contribution is 7.98. The van der Waals surface area contributed by atoms with Gasteiger partial charge in [-0.15, -0.1) is 11.8 Å². The molecule has 1 aromatic carbocycles. The number of rotatable bonds is 5. The molecule has 2 heterocycles. The van der Waals surface area contributed by atoms with E-state index in [1.54, 1.807) is 20.0 Å². The Morgan fingerprint density at radius 1 is 1.46 bits per heavy atom. The van der Waals surface area contributed by atoms with Gasteiger partial charge in [0.25, 0.3) is 5.56 Å². The van der Waals surface area contributed by atoms with Crippen molar-refractivity contribution in [3.63, 3.8) is 0 Å². The number of fused-ring (bicyclic) bond motifs is 1. The van der Waals surface area contributed by atoms with Gasteiger partial charge in [0.1, 0.15) is 17.9 Å². The molecule has 0 fully saturated rings. The number of hydrogen-bond acceptors (Lipinski definition) is 6. The van der Waals surface area contributed by atoms with Gasteiger partial charge in [0.05, 0.1) is 17.2 Å². The van der Waals surface area contributed by atoms with E-state index in [1.165, 1.54) is 16.4 Å². The molecule has 0 saturated heterocycles. The monoisotopic (exact) mass is 375 g/mol. The number of benzene rings is 1. The van der Waals surface area contributed by atoms with Crippen molar-refractivity contribution >= 4 is 23.3 Å². The number of oxime groups is 1. The Balaban J connectivity index is 2.13. The van der Waals surface area contributed by atoms with Crippen molar-refractivity contribution in [2.24, 2.45) is 12.2 Å². The average Bonchev–Trinajstić information content (AvgIpc) is 2.90. The molecule has 7 nitrogen and oxygen atoms in total. The summed E-state index contributed by atoms with van der Waals surface area (Å²) in [5.41, 5.74) is 2.44. The second-order valence-electron chi connectivity index (χ2n) is 5.88. The summed E-state index contributed by atoms with van der Waals surface area (Å²) >= 11 is 1.42. The van der Waals surface area contributed by atoms with Crippen LogP contribution in [0.3, 0.4) is 0 Å². The van der Waals surface area contributed by atoms with Crippen molar-refractivity contribution in [1.82, 2.24) is 9.78 Å². The van der Waals surface area contributed by atoms with Gasteiger partial charge in [-0.2, -0.15) is 0 Å². The van der Waals surface area contributed by atoms with E-state index in [1.807, 2.05) is 19.2 Å². The van der Waals surface area contributed by atoms with Gasteiger partial charge in [-0.05, 0) is 32.2 Å². The number of nitrogens with one attached hydrogen (secondary N) is 1. The van der Waals surface area contributed by atoms with E-state index in [9.17, 15) is 9.59 Å². The van der Waals surface area contributed by atoms with Crippen LogP contribution in [0.15, 0.2) is 27.0 Å². The number of aryl methyl sites for hydroxylation is 2. The van der Waals surface area contributed by atoms with Crippen molar-refractivity contribution in [2.75, 3.05) is 19.5 Å². The largest absolute Gasteiger partial charge is 0.491 e. The van der Waals surface area contributed by atoms with E-state index in [-0.39, 0.29) is 16.9 Å². The van der Waals surface area contributed by atoms with Gasteiger partial charge in [0.2, 0.25) is 5.78 Å². The fraction of sp³-hybridized carbons (Fsp3) is 0.389.